The Morgan fingerprint density at radius 1 is 1.33 bits per heavy atom. The number of hydrogen-bond donors (Lipinski definition) is 3. The van der Waals surface area contributed by atoms with Gasteiger partial charge in [0.25, 0.3) is 0 Å². The van der Waals surface area contributed by atoms with Crippen LogP contribution in [-0.4, -0.2) is 18.2 Å². The molecule has 2 aromatic rings. The van der Waals surface area contributed by atoms with Crippen LogP contribution in [0.15, 0.2) is 52.1 Å². The van der Waals surface area contributed by atoms with Crippen molar-refractivity contribution in [3.05, 3.63) is 58.1 Å². The predicted molar refractivity (Wildman–Crippen MR) is 87.0 cm³/mol. The van der Waals surface area contributed by atoms with Crippen LogP contribution in [-0.2, 0) is 6.54 Å². The summed E-state index contributed by atoms with van der Waals surface area (Å²) in [5.41, 5.74) is 8.21. The maximum atomic E-state index is 8.75. The summed E-state index contributed by atoms with van der Waals surface area (Å²) in [4.78, 5) is 0. The molecule has 21 heavy (non-hydrogen) atoms. The molecule has 0 unspecified atom stereocenters. The molecule has 0 aliphatic heterocycles. The van der Waals surface area contributed by atoms with Gasteiger partial charge in [-0.3, -0.25) is 0 Å². The number of methoxy groups -OCH3 is 1. The lowest BCUT2D eigenvalue weighted by atomic mass is 10.1. The second-order valence-corrected chi connectivity index (χ2v) is 5.30. The van der Waals surface area contributed by atoms with Crippen molar-refractivity contribution in [2.75, 3.05) is 12.4 Å². The van der Waals surface area contributed by atoms with Crippen LogP contribution in [0.5, 0.6) is 5.75 Å². The zero-order valence-electron chi connectivity index (χ0n) is 11.5. The van der Waals surface area contributed by atoms with E-state index >= 15 is 0 Å². The van der Waals surface area contributed by atoms with Crippen molar-refractivity contribution in [2.24, 2.45) is 10.9 Å². The lowest BCUT2D eigenvalue weighted by Gasteiger charge is -2.11. The lowest BCUT2D eigenvalue weighted by Crippen LogP contribution is -2.14. The van der Waals surface area contributed by atoms with Crippen LogP contribution < -0.4 is 15.8 Å². The minimum absolute atomic E-state index is 0.0262. The molecule has 0 heterocycles. The third kappa shape index (κ3) is 3.88. The van der Waals surface area contributed by atoms with Crippen LogP contribution in [0.2, 0.25) is 0 Å². The molecule has 2 rings (SSSR count). The molecule has 0 spiro atoms. The summed E-state index contributed by atoms with van der Waals surface area (Å²) in [6.07, 6.45) is 0. The van der Waals surface area contributed by atoms with E-state index in [0.29, 0.717) is 17.9 Å². The van der Waals surface area contributed by atoms with Crippen molar-refractivity contribution in [2.45, 2.75) is 6.54 Å². The molecule has 0 fully saturated rings. The van der Waals surface area contributed by atoms with Crippen LogP contribution in [0.3, 0.4) is 0 Å². The van der Waals surface area contributed by atoms with Gasteiger partial charge < -0.3 is 21.0 Å². The molecule has 0 saturated heterocycles. The van der Waals surface area contributed by atoms with Gasteiger partial charge in [-0.1, -0.05) is 33.2 Å². The summed E-state index contributed by atoms with van der Waals surface area (Å²) < 4.78 is 6.29. The quantitative estimate of drug-likeness (QED) is 0.335. The zero-order valence-corrected chi connectivity index (χ0v) is 13.1. The molecule has 0 bridgehead atoms. The first-order chi connectivity index (χ1) is 10.1. The summed E-state index contributed by atoms with van der Waals surface area (Å²) >= 11 is 3.43. The van der Waals surface area contributed by atoms with Gasteiger partial charge in [-0.2, -0.15) is 0 Å². The van der Waals surface area contributed by atoms with Gasteiger partial charge in [-0.05, 0) is 35.9 Å². The van der Waals surface area contributed by atoms with E-state index in [9.17, 15) is 0 Å². The Kier molecular flexibility index (Phi) is 5.05. The predicted octanol–water partition coefficient (Wildman–Crippen LogP) is 3.16. The van der Waals surface area contributed by atoms with E-state index in [2.05, 4.69) is 26.4 Å². The summed E-state index contributed by atoms with van der Waals surface area (Å²) in [6, 6.07) is 13.5. The van der Waals surface area contributed by atoms with Crippen LogP contribution in [0.1, 0.15) is 11.1 Å². The SMILES string of the molecule is COc1cc(CNc2cccc(Br)c2)ccc1/C(N)=N/O. The van der Waals surface area contributed by atoms with Crippen molar-refractivity contribution < 1.29 is 9.94 Å². The maximum Gasteiger partial charge on any atom is 0.173 e. The highest BCUT2D eigenvalue weighted by Crippen LogP contribution is 2.21. The molecule has 5 nitrogen and oxygen atoms in total. The first-order valence-electron chi connectivity index (χ1n) is 6.28. The molecule has 0 radical (unpaired) electrons. The van der Waals surface area contributed by atoms with E-state index in [0.717, 1.165) is 15.7 Å². The Bertz CT molecular complexity index is 659. The van der Waals surface area contributed by atoms with Crippen molar-refractivity contribution in [3.63, 3.8) is 0 Å². The van der Waals surface area contributed by atoms with E-state index < -0.39 is 0 Å². The Hall–Kier alpha value is -2.21. The molecule has 2 aromatic carbocycles. The number of amidine groups is 1. The monoisotopic (exact) mass is 349 g/mol. The average molecular weight is 350 g/mol. The number of nitrogens with zero attached hydrogens (tertiary/aromatic N) is 1. The maximum absolute atomic E-state index is 8.75. The fraction of sp³-hybridized carbons (Fsp3) is 0.133. The number of anilines is 1. The highest BCUT2D eigenvalue weighted by Gasteiger charge is 2.08. The Balaban J connectivity index is 2.14. The van der Waals surface area contributed by atoms with Crippen molar-refractivity contribution in [1.82, 2.24) is 0 Å². The average Bonchev–Trinajstić information content (AvgIpc) is 2.52. The number of halogens is 1. The standard InChI is InChI=1S/C15H16BrN3O2/c1-21-14-7-10(5-6-13(14)15(17)19-20)9-18-12-4-2-3-11(16)8-12/h2-8,18,20H,9H2,1H3,(H2,17,19). The van der Waals surface area contributed by atoms with Gasteiger partial charge in [0.2, 0.25) is 0 Å². The number of oxime groups is 1. The minimum atomic E-state index is 0.0262. The van der Waals surface area contributed by atoms with Crippen molar-refractivity contribution >= 4 is 27.5 Å². The number of nitrogens with two attached hydrogens (primary N) is 1. The molecular weight excluding hydrogens is 334 g/mol. The van der Waals surface area contributed by atoms with Crippen LogP contribution in [0.4, 0.5) is 5.69 Å². The van der Waals surface area contributed by atoms with E-state index in [1.54, 1.807) is 13.2 Å². The lowest BCUT2D eigenvalue weighted by molar-refractivity contribution is 0.318. The molecule has 6 heteroatoms. The largest absolute Gasteiger partial charge is 0.496 e. The molecule has 0 aliphatic carbocycles. The molecule has 4 N–H and O–H groups in total. The van der Waals surface area contributed by atoms with Gasteiger partial charge in [0.15, 0.2) is 5.84 Å². The van der Waals surface area contributed by atoms with E-state index in [-0.39, 0.29) is 5.84 Å². The van der Waals surface area contributed by atoms with E-state index in [4.69, 9.17) is 15.7 Å². The number of benzene rings is 2. The summed E-state index contributed by atoms with van der Waals surface area (Å²) in [7, 11) is 1.55. The highest BCUT2D eigenvalue weighted by atomic mass is 79.9. The summed E-state index contributed by atoms with van der Waals surface area (Å²) in [6.45, 7) is 0.642. The molecule has 0 aromatic heterocycles. The van der Waals surface area contributed by atoms with Crippen molar-refractivity contribution in [1.29, 1.82) is 0 Å². The van der Waals surface area contributed by atoms with Crippen LogP contribution in [0.25, 0.3) is 0 Å². The second-order valence-electron chi connectivity index (χ2n) is 4.38. The van der Waals surface area contributed by atoms with Crippen molar-refractivity contribution in [3.8, 4) is 5.75 Å². The van der Waals surface area contributed by atoms with Gasteiger partial charge in [0.1, 0.15) is 5.75 Å². The van der Waals surface area contributed by atoms with Gasteiger partial charge in [0.05, 0.1) is 12.7 Å². The molecule has 0 saturated carbocycles. The first kappa shape index (κ1) is 15.2. The van der Waals surface area contributed by atoms with Gasteiger partial charge in [-0.15, -0.1) is 0 Å². The van der Waals surface area contributed by atoms with Crippen LogP contribution in [0, 0.1) is 0 Å². The Morgan fingerprint density at radius 3 is 2.81 bits per heavy atom. The van der Waals surface area contributed by atoms with Gasteiger partial charge in [0, 0.05) is 16.7 Å². The third-order valence-corrected chi connectivity index (χ3v) is 3.46. The summed E-state index contributed by atoms with van der Waals surface area (Å²) in [5.74, 6) is 0.595. The first-order valence-corrected chi connectivity index (χ1v) is 7.07. The third-order valence-electron chi connectivity index (χ3n) is 2.97. The highest BCUT2D eigenvalue weighted by molar-refractivity contribution is 9.10. The number of ether oxygens (including phenoxy) is 1. The van der Waals surface area contributed by atoms with Crippen LogP contribution >= 0.6 is 15.9 Å². The molecule has 0 amide bonds. The smallest absolute Gasteiger partial charge is 0.173 e. The molecule has 0 aliphatic rings. The topological polar surface area (TPSA) is 79.9 Å². The zero-order chi connectivity index (χ0) is 15.2. The minimum Gasteiger partial charge on any atom is -0.496 e. The Labute approximate surface area is 131 Å². The van der Waals surface area contributed by atoms with Gasteiger partial charge in [-0.25, -0.2) is 0 Å². The second kappa shape index (κ2) is 6.99. The van der Waals surface area contributed by atoms with E-state index in [1.807, 2.05) is 36.4 Å². The molecule has 110 valence electrons. The number of nitrogens with one attached hydrogen (secondary N) is 1. The fourth-order valence-corrected chi connectivity index (χ4v) is 2.31. The Morgan fingerprint density at radius 2 is 2.14 bits per heavy atom. The number of rotatable bonds is 5. The van der Waals surface area contributed by atoms with E-state index in [1.165, 1.54) is 0 Å². The van der Waals surface area contributed by atoms with Gasteiger partial charge >= 0.3 is 0 Å². The molecule has 0 atom stereocenters. The number of hydrogen-bond acceptors (Lipinski definition) is 4. The normalized spacial score (nSPS) is 11.2. The molecular formula is C15H16BrN3O2. The fourth-order valence-electron chi connectivity index (χ4n) is 1.91. The summed E-state index contributed by atoms with van der Waals surface area (Å²) in [5, 5.41) is 15.1.